The molecule has 1 aromatic carbocycles. The van der Waals surface area contributed by atoms with Gasteiger partial charge in [-0.2, -0.15) is 0 Å². The Balaban J connectivity index is 3.20. The van der Waals surface area contributed by atoms with Crippen molar-refractivity contribution in [3.8, 4) is 0 Å². The first-order valence-corrected chi connectivity index (χ1v) is 3.72. The van der Waals surface area contributed by atoms with Gasteiger partial charge in [-0.15, -0.1) is 12.6 Å². The summed E-state index contributed by atoms with van der Waals surface area (Å²) in [5.41, 5.74) is 5.42. The molecule has 0 aliphatic rings. The number of carbonyl (C=O) groups is 1. The number of halogens is 1. The summed E-state index contributed by atoms with van der Waals surface area (Å²) in [5, 5.41) is 0.542. The molecule has 4 heteroatoms. The number of hydrogen-bond acceptors (Lipinski definition) is 2. The topological polar surface area (TPSA) is 43.1 Å². The van der Waals surface area contributed by atoms with E-state index in [-0.39, 0.29) is 0 Å². The molecule has 0 aliphatic heterocycles. The highest BCUT2D eigenvalue weighted by Crippen LogP contribution is 2.18. The highest BCUT2D eigenvalue weighted by molar-refractivity contribution is 7.80. The normalized spacial score (nSPS) is 9.64. The molecule has 1 rings (SSSR count). The number of thiol groups is 1. The minimum absolute atomic E-state index is 0.387. The van der Waals surface area contributed by atoms with E-state index in [1.54, 1.807) is 18.2 Å². The van der Waals surface area contributed by atoms with Crippen molar-refractivity contribution in [2.45, 2.75) is 4.90 Å². The summed E-state index contributed by atoms with van der Waals surface area (Å²) in [4.78, 5) is 11.2. The number of hydrogen-bond donors (Lipinski definition) is 2. The quantitative estimate of drug-likeness (QED) is 0.647. The Bertz CT molecular complexity index is 300. The van der Waals surface area contributed by atoms with Gasteiger partial charge in [0.2, 0.25) is 5.91 Å². The molecule has 1 aromatic rings. The first-order valence-electron chi connectivity index (χ1n) is 2.89. The van der Waals surface area contributed by atoms with Gasteiger partial charge in [0.25, 0.3) is 0 Å². The molecular weight excluding hydrogens is 182 g/mol. The van der Waals surface area contributed by atoms with Crippen molar-refractivity contribution in [2.75, 3.05) is 0 Å². The molecule has 0 aromatic heterocycles. The average Bonchev–Trinajstić information content (AvgIpc) is 1.85. The standard InChI is InChI=1S/C7H6ClNOS/c8-4-1-2-5(7(9)10)6(11)3-4/h1-3,11H,(H2,9,10). The van der Waals surface area contributed by atoms with Gasteiger partial charge in [0.15, 0.2) is 0 Å². The van der Waals surface area contributed by atoms with Crippen LogP contribution in [-0.4, -0.2) is 5.91 Å². The summed E-state index contributed by atoms with van der Waals surface area (Å²) in [5.74, 6) is -0.494. The number of nitrogens with two attached hydrogens (primary N) is 1. The number of primary amides is 1. The minimum Gasteiger partial charge on any atom is -0.366 e. The Hall–Kier alpha value is -0.670. The Kier molecular flexibility index (Phi) is 2.42. The van der Waals surface area contributed by atoms with Gasteiger partial charge in [0.1, 0.15) is 0 Å². The lowest BCUT2D eigenvalue weighted by molar-refractivity contribution is 0.0997. The Morgan fingerprint density at radius 3 is 2.64 bits per heavy atom. The summed E-state index contributed by atoms with van der Waals surface area (Å²) < 4.78 is 0. The van der Waals surface area contributed by atoms with Crippen molar-refractivity contribution >= 4 is 30.1 Å². The zero-order chi connectivity index (χ0) is 8.43. The summed E-state index contributed by atoms with van der Waals surface area (Å²) in [7, 11) is 0. The fraction of sp³-hybridized carbons (Fsp3) is 0. The van der Waals surface area contributed by atoms with Gasteiger partial charge in [-0.1, -0.05) is 11.6 Å². The van der Waals surface area contributed by atoms with E-state index < -0.39 is 5.91 Å². The monoisotopic (exact) mass is 187 g/mol. The molecule has 11 heavy (non-hydrogen) atoms. The largest absolute Gasteiger partial charge is 0.366 e. The van der Waals surface area contributed by atoms with Crippen LogP contribution in [0.1, 0.15) is 10.4 Å². The maximum absolute atomic E-state index is 10.7. The molecule has 2 nitrogen and oxygen atoms in total. The molecule has 0 spiro atoms. The van der Waals surface area contributed by atoms with E-state index in [1.807, 2.05) is 0 Å². The lowest BCUT2D eigenvalue weighted by Gasteiger charge is -1.99. The van der Waals surface area contributed by atoms with Gasteiger partial charge in [-0.25, -0.2) is 0 Å². The van der Waals surface area contributed by atoms with Gasteiger partial charge < -0.3 is 5.73 Å². The number of rotatable bonds is 1. The van der Waals surface area contributed by atoms with Crippen LogP contribution >= 0.6 is 24.2 Å². The van der Waals surface area contributed by atoms with Crippen LogP contribution in [0.15, 0.2) is 23.1 Å². The predicted octanol–water partition coefficient (Wildman–Crippen LogP) is 1.73. The molecule has 0 saturated carbocycles. The average molecular weight is 188 g/mol. The second-order valence-electron chi connectivity index (χ2n) is 2.03. The van der Waals surface area contributed by atoms with E-state index in [9.17, 15) is 4.79 Å². The molecule has 0 saturated heterocycles. The Morgan fingerprint density at radius 1 is 1.55 bits per heavy atom. The van der Waals surface area contributed by atoms with Gasteiger partial charge in [-0.3, -0.25) is 4.79 Å². The van der Waals surface area contributed by atoms with Crippen molar-refractivity contribution < 1.29 is 4.79 Å². The number of carbonyl (C=O) groups excluding carboxylic acids is 1. The van der Waals surface area contributed by atoms with Crippen molar-refractivity contribution in [1.29, 1.82) is 0 Å². The van der Waals surface area contributed by atoms with Crippen molar-refractivity contribution in [2.24, 2.45) is 5.73 Å². The fourth-order valence-electron chi connectivity index (χ4n) is 0.713. The summed E-state index contributed by atoms with van der Waals surface area (Å²) in [6.07, 6.45) is 0. The van der Waals surface area contributed by atoms with Crippen molar-refractivity contribution in [3.05, 3.63) is 28.8 Å². The second-order valence-corrected chi connectivity index (χ2v) is 2.94. The van der Waals surface area contributed by atoms with Gasteiger partial charge >= 0.3 is 0 Å². The van der Waals surface area contributed by atoms with E-state index in [4.69, 9.17) is 17.3 Å². The highest BCUT2D eigenvalue weighted by atomic mass is 35.5. The van der Waals surface area contributed by atoms with Crippen molar-refractivity contribution in [3.63, 3.8) is 0 Å². The molecule has 0 unspecified atom stereocenters. The van der Waals surface area contributed by atoms with E-state index in [1.165, 1.54) is 0 Å². The van der Waals surface area contributed by atoms with Gasteiger partial charge in [-0.05, 0) is 18.2 Å². The molecule has 0 heterocycles. The molecular formula is C7H6ClNOS. The maximum atomic E-state index is 10.7. The maximum Gasteiger partial charge on any atom is 0.249 e. The van der Waals surface area contributed by atoms with E-state index in [2.05, 4.69) is 12.6 Å². The number of amides is 1. The molecule has 0 fully saturated rings. The third-order valence-electron chi connectivity index (χ3n) is 1.23. The summed E-state index contributed by atoms with van der Waals surface area (Å²) in [6.45, 7) is 0. The van der Waals surface area contributed by atoms with E-state index in [0.717, 1.165) is 0 Å². The minimum atomic E-state index is -0.494. The van der Waals surface area contributed by atoms with Gasteiger partial charge in [0, 0.05) is 9.92 Å². The SMILES string of the molecule is NC(=O)c1ccc(Cl)cc1S. The zero-order valence-electron chi connectivity index (χ0n) is 5.54. The van der Waals surface area contributed by atoms with Crippen LogP contribution in [0.2, 0.25) is 5.02 Å². The Morgan fingerprint density at radius 2 is 2.18 bits per heavy atom. The smallest absolute Gasteiger partial charge is 0.249 e. The zero-order valence-corrected chi connectivity index (χ0v) is 7.19. The predicted molar refractivity (Wildman–Crippen MR) is 47.2 cm³/mol. The molecule has 0 atom stereocenters. The first-order chi connectivity index (χ1) is 5.11. The molecule has 0 radical (unpaired) electrons. The fourth-order valence-corrected chi connectivity index (χ4v) is 1.29. The molecule has 0 aliphatic carbocycles. The summed E-state index contributed by atoms with van der Waals surface area (Å²) in [6, 6.07) is 4.72. The van der Waals surface area contributed by atoms with E-state index in [0.29, 0.717) is 15.5 Å². The molecule has 0 bridgehead atoms. The molecule has 2 N–H and O–H groups in total. The first kappa shape index (κ1) is 8.43. The van der Waals surface area contributed by atoms with Crippen LogP contribution in [0.4, 0.5) is 0 Å². The van der Waals surface area contributed by atoms with Gasteiger partial charge in [0.05, 0.1) is 5.56 Å². The van der Waals surface area contributed by atoms with Crippen LogP contribution in [0.5, 0.6) is 0 Å². The lowest BCUT2D eigenvalue weighted by Crippen LogP contribution is -2.11. The Labute approximate surface area is 74.8 Å². The van der Waals surface area contributed by atoms with Crippen LogP contribution in [0.25, 0.3) is 0 Å². The number of benzene rings is 1. The third-order valence-corrected chi connectivity index (χ3v) is 1.83. The highest BCUT2D eigenvalue weighted by Gasteiger charge is 2.04. The van der Waals surface area contributed by atoms with Crippen molar-refractivity contribution in [1.82, 2.24) is 0 Å². The second kappa shape index (κ2) is 3.15. The van der Waals surface area contributed by atoms with Crippen LogP contribution in [0, 0.1) is 0 Å². The van der Waals surface area contributed by atoms with Crippen LogP contribution in [0.3, 0.4) is 0 Å². The van der Waals surface area contributed by atoms with Crippen LogP contribution in [-0.2, 0) is 0 Å². The third kappa shape index (κ3) is 1.88. The lowest BCUT2D eigenvalue weighted by atomic mass is 10.2. The molecule has 58 valence electrons. The van der Waals surface area contributed by atoms with Crippen LogP contribution < -0.4 is 5.73 Å². The molecule has 1 amide bonds. The summed E-state index contributed by atoms with van der Waals surface area (Å²) >= 11 is 9.64. The van der Waals surface area contributed by atoms with E-state index >= 15 is 0 Å².